The van der Waals surface area contributed by atoms with Crippen LogP contribution in [0.3, 0.4) is 0 Å². The zero-order valence-corrected chi connectivity index (χ0v) is 14.6. The Balaban J connectivity index is 4.34. The van der Waals surface area contributed by atoms with Gasteiger partial charge in [0.05, 0.1) is 6.04 Å². The van der Waals surface area contributed by atoms with E-state index in [4.69, 9.17) is 10.8 Å². The molecule has 1 amide bonds. The summed E-state index contributed by atoms with van der Waals surface area (Å²) < 4.78 is 0. The molecule has 0 rings (SSSR count). The van der Waals surface area contributed by atoms with Crippen LogP contribution >= 0.6 is 0 Å². The molecule has 0 aliphatic heterocycles. The van der Waals surface area contributed by atoms with E-state index >= 15 is 0 Å². The van der Waals surface area contributed by atoms with Gasteiger partial charge in [0.1, 0.15) is 0 Å². The lowest BCUT2D eigenvalue weighted by Crippen LogP contribution is -2.43. The fourth-order valence-corrected chi connectivity index (χ4v) is 2.72. The predicted molar refractivity (Wildman–Crippen MR) is 89.5 cm³/mol. The largest absolute Gasteiger partial charge is 0.481 e. The van der Waals surface area contributed by atoms with E-state index in [1.807, 2.05) is 13.8 Å². The van der Waals surface area contributed by atoms with Crippen LogP contribution in [0.15, 0.2) is 0 Å². The van der Waals surface area contributed by atoms with Crippen LogP contribution in [-0.4, -0.2) is 29.6 Å². The van der Waals surface area contributed by atoms with Crippen LogP contribution in [0.2, 0.25) is 0 Å². The van der Waals surface area contributed by atoms with Gasteiger partial charge in [-0.2, -0.15) is 0 Å². The molecule has 0 saturated heterocycles. The van der Waals surface area contributed by atoms with Crippen LogP contribution in [0.4, 0.5) is 0 Å². The van der Waals surface area contributed by atoms with Crippen LogP contribution < -0.4 is 11.1 Å². The Hall–Kier alpha value is -1.10. The monoisotopic (exact) mass is 314 g/mol. The summed E-state index contributed by atoms with van der Waals surface area (Å²) in [5.41, 5.74) is 5.84. The van der Waals surface area contributed by atoms with Crippen LogP contribution in [-0.2, 0) is 9.59 Å². The van der Waals surface area contributed by atoms with Crippen LogP contribution in [0.25, 0.3) is 0 Å². The van der Waals surface area contributed by atoms with Gasteiger partial charge in [0, 0.05) is 13.0 Å². The lowest BCUT2D eigenvalue weighted by atomic mass is 9.89. The lowest BCUT2D eigenvalue weighted by molar-refractivity contribution is -0.138. The third-order valence-electron chi connectivity index (χ3n) is 3.88. The van der Waals surface area contributed by atoms with Crippen molar-refractivity contribution in [1.82, 2.24) is 5.32 Å². The molecule has 5 heteroatoms. The standard InChI is InChI=1S/C17H34N2O3/c1-5-6-7-13(4)9-14(10-16(20)21)11-19-17(22)15(18)8-12(2)3/h12-15H,5-11,18H2,1-4H3,(H,19,22)(H,20,21). The Morgan fingerprint density at radius 1 is 1.18 bits per heavy atom. The minimum atomic E-state index is -0.812. The number of hydrogen-bond acceptors (Lipinski definition) is 3. The highest BCUT2D eigenvalue weighted by Gasteiger charge is 2.20. The number of carboxylic acids is 1. The van der Waals surface area contributed by atoms with Gasteiger partial charge in [-0.05, 0) is 30.6 Å². The third kappa shape index (κ3) is 10.6. The average molecular weight is 314 g/mol. The highest BCUT2D eigenvalue weighted by atomic mass is 16.4. The first-order chi connectivity index (χ1) is 10.3. The Bertz CT molecular complexity index is 332. The second kappa shape index (κ2) is 11.5. The molecule has 0 aromatic heterocycles. The van der Waals surface area contributed by atoms with Gasteiger partial charge in [0.2, 0.25) is 5.91 Å². The molecule has 0 aromatic carbocycles. The highest BCUT2D eigenvalue weighted by molar-refractivity contribution is 5.81. The SMILES string of the molecule is CCCCC(C)CC(CNC(=O)C(N)CC(C)C)CC(=O)O. The smallest absolute Gasteiger partial charge is 0.303 e. The summed E-state index contributed by atoms with van der Waals surface area (Å²) in [6, 6.07) is -0.511. The van der Waals surface area contributed by atoms with Gasteiger partial charge in [-0.15, -0.1) is 0 Å². The van der Waals surface area contributed by atoms with Gasteiger partial charge in [-0.1, -0.05) is 47.0 Å². The summed E-state index contributed by atoms with van der Waals surface area (Å²) in [6.45, 7) is 8.74. The van der Waals surface area contributed by atoms with Crippen molar-refractivity contribution in [2.24, 2.45) is 23.5 Å². The predicted octanol–water partition coefficient (Wildman–Crippen LogP) is 2.78. The number of amides is 1. The van der Waals surface area contributed by atoms with Crippen molar-refractivity contribution in [3.8, 4) is 0 Å². The fourth-order valence-electron chi connectivity index (χ4n) is 2.72. The van der Waals surface area contributed by atoms with E-state index in [2.05, 4.69) is 19.2 Å². The van der Waals surface area contributed by atoms with Crippen LogP contribution in [0, 0.1) is 17.8 Å². The lowest BCUT2D eigenvalue weighted by Gasteiger charge is -2.21. The Morgan fingerprint density at radius 3 is 2.32 bits per heavy atom. The molecular formula is C17H34N2O3. The van der Waals surface area contributed by atoms with E-state index in [-0.39, 0.29) is 18.2 Å². The van der Waals surface area contributed by atoms with Crippen molar-refractivity contribution in [2.75, 3.05) is 6.54 Å². The minimum Gasteiger partial charge on any atom is -0.481 e. The van der Waals surface area contributed by atoms with Crippen molar-refractivity contribution in [2.45, 2.75) is 72.3 Å². The molecule has 0 fully saturated rings. The van der Waals surface area contributed by atoms with Crippen molar-refractivity contribution >= 4 is 11.9 Å². The number of nitrogens with two attached hydrogens (primary N) is 1. The van der Waals surface area contributed by atoms with Gasteiger partial charge in [0.25, 0.3) is 0 Å². The number of aliphatic carboxylic acids is 1. The number of carbonyl (C=O) groups is 2. The van der Waals surface area contributed by atoms with Crippen LogP contribution in [0.5, 0.6) is 0 Å². The third-order valence-corrected chi connectivity index (χ3v) is 3.88. The second-order valence-corrected chi connectivity index (χ2v) is 6.93. The molecule has 0 saturated carbocycles. The summed E-state index contributed by atoms with van der Waals surface area (Å²) in [7, 11) is 0. The molecule has 0 radical (unpaired) electrons. The molecule has 4 N–H and O–H groups in total. The fraction of sp³-hybridized carbons (Fsp3) is 0.882. The summed E-state index contributed by atoms with van der Waals surface area (Å²) in [4.78, 5) is 22.9. The maximum Gasteiger partial charge on any atom is 0.303 e. The van der Waals surface area contributed by atoms with Crippen LogP contribution in [0.1, 0.15) is 66.2 Å². The summed E-state index contributed by atoms with van der Waals surface area (Å²) in [6.07, 6.45) is 4.97. The molecule has 0 aromatic rings. The normalized spacial score (nSPS) is 15.4. The number of rotatable bonds is 12. The molecule has 0 spiro atoms. The summed E-state index contributed by atoms with van der Waals surface area (Å²) >= 11 is 0. The zero-order chi connectivity index (χ0) is 17.1. The summed E-state index contributed by atoms with van der Waals surface area (Å²) in [5, 5.41) is 11.9. The number of carboxylic acid groups (broad SMARTS) is 1. The van der Waals surface area contributed by atoms with Crippen molar-refractivity contribution in [1.29, 1.82) is 0 Å². The molecule has 22 heavy (non-hydrogen) atoms. The van der Waals surface area contributed by atoms with Gasteiger partial charge in [-0.25, -0.2) is 0 Å². The summed E-state index contributed by atoms with van der Waals surface area (Å²) in [5.74, 6) is -0.173. The maximum absolute atomic E-state index is 11.9. The van der Waals surface area contributed by atoms with Gasteiger partial charge >= 0.3 is 5.97 Å². The van der Waals surface area contributed by atoms with Crippen molar-refractivity contribution in [3.63, 3.8) is 0 Å². The number of hydrogen-bond donors (Lipinski definition) is 3. The van der Waals surface area contributed by atoms with E-state index in [0.29, 0.717) is 24.8 Å². The molecular weight excluding hydrogens is 280 g/mol. The quantitative estimate of drug-likeness (QED) is 0.516. The minimum absolute atomic E-state index is 0.0282. The van der Waals surface area contributed by atoms with Crippen molar-refractivity contribution in [3.05, 3.63) is 0 Å². The highest BCUT2D eigenvalue weighted by Crippen LogP contribution is 2.20. The van der Waals surface area contributed by atoms with E-state index in [0.717, 1.165) is 25.7 Å². The number of unbranched alkanes of at least 4 members (excludes halogenated alkanes) is 1. The topological polar surface area (TPSA) is 92.4 Å². The number of nitrogens with one attached hydrogen (secondary N) is 1. The molecule has 0 heterocycles. The average Bonchev–Trinajstić information content (AvgIpc) is 2.40. The Morgan fingerprint density at radius 2 is 1.82 bits per heavy atom. The first-order valence-electron chi connectivity index (χ1n) is 8.51. The molecule has 5 nitrogen and oxygen atoms in total. The maximum atomic E-state index is 11.9. The van der Waals surface area contributed by atoms with E-state index in [1.54, 1.807) is 0 Å². The van der Waals surface area contributed by atoms with E-state index in [9.17, 15) is 9.59 Å². The van der Waals surface area contributed by atoms with Crippen molar-refractivity contribution < 1.29 is 14.7 Å². The van der Waals surface area contributed by atoms with Gasteiger partial charge in [-0.3, -0.25) is 9.59 Å². The van der Waals surface area contributed by atoms with E-state index < -0.39 is 12.0 Å². The van der Waals surface area contributed by atoms with Gasteiger partial charge < -0.3 is 16.2 Å². The molecule has 130 valence electrons. The zero-order valence-electron chi connectivity index (χ0n) is 14.6. The van der Waals surface area contributed by atoms with E-state index in [1.165, 1.54) is 0 Å². The molecule has 0 aliphatic carbocycles. The van der Waals surface area contributed by atoms with Gasteiger partial charge in [0.15, 0.2) is 0 Å². The first kappa shape index (κ1) is 20.9. The second-order valence-electron chi connectivity index (χ2n) is 6.93. The first-order valence-corrected chi connectivity index (χ1v) is 8.51. The number of carbonyl (C=O) groups excluding carboxylic acids is 1. The molecule has 0 bridgehead atoms. The molecule has 3 atom stereocenters. The Kier molecular flexibility index (Phi) is 10.9. The molecule has 3 unspecified atom stereocenters. The Labute approximate surface area is 135 Å². The molecule has 0 aliphatic rings.